The van der Waals surface area contributed by atoms with E-state index in [-0.39, 0.29) is 6.61 Å². The van der Waals surface area contributed by atoms with E-state index in [9.17, 15) is 15.3 Å². The molecule has 0 amide bonds. The molecule has 0 saturated carbocycles. The van der Waals surface area contributed by atoms with Gasteiger partial charge in [-0.1, -0.05) is 6.07 Å². The van der Waals surface area contributed by atoms with Crippen molar-refractivity contribution in [2.45, 2.75) is 24.5 Å². The summed E-state index contributed by atoms with van der Waals surface area (Å²) in [7, 11) is 0. The summed E-state index contributed by atoms with van der Waals surface area (Å²) in [5.74, 6) is 0.503. The molecule has 1 aromatic rings. The highest BCUT2D eigenvalue weighted by atomic mass is 16.6. The third kappa shape index (κ3) is 2.30. The average Bonchev–Trinajstić information content (AvgIpc) is 2.31. The smallest absolute Gasteiger partial charge is 0.177 e. The number of aliphatic hydroxyl groups is 3. The Morgan fingerprint density at radius 1 is 1.31 bits per heavy atom. The molecule has 2 rings (SSSR count). The predicted molar refractivity (Wildman–Crippen MR) is 55.6 cm³/mol. The summed E-state index contributed by atoms with van der Waals surface area (Å²) in [6.07, 6.45) is -1.68. The standard InChI is InChI=1S/C10H14N2O4/c13-6-5-16-10(15)8(9(6)14)12-7-3-1-2-4-11-7/h1-4,6,8-10,13-15H,5H2,(H,11,12)/t6-,8+,9-,10?/m1/s1. The molecule has 1 unspecified atom stereocenters. The van der Waals surface area contributed by atoms with Crippen LogP contribution in [-0.2, 0) is 4.74 Å². The van der Waals surface area contributed by atoms with Crippen LogP contribution in [0.15, 0.2) is 24.4 Å². The van der Waals surface area contributed by atoms with Crippen molar-refractivity contribution in [1.29, 1.82) is 0 Å². The number of nitrogens with one attached hydrogen (secondary N) is 1. The molecule has 1 saturated heterocycles. The predicted octanol–water partition coefficient (Wildman–Crippen LogP) is -1.07. The van der Waals surface area contributed by atoms with Gasteiger partial charge in [0, 0.05) is 6.20 Å². The number of hydrogen-bond acceptors (Lipinski definition) is 6. The molecule has 16 heavy (non-hydrogen) atoms. The summed E-state index contributed by atoms with van der Waals surface area (Å²) in [4.78, 5) is 4.00. The summed E-state index contributed by atoms with van der Waals surface area (Å²) in [5, 5.41) is 31.4. The van der Waals surface area contributed by atoms with Crippen molar-refractivity contribution in [2.24, 2.45) is 0 Å². The minimum absolute atomic E-state index is 0.0806. The molecule has 88 valence electrons. The first-order chi connectivity index (χ1) is 7.68. The Hall–Kier alpha value is -1.21. The molecule has 4 atom stereocenters. The zero-order chi connectivity index (χ0) is 11.5. The highest BCUT2D eigenvalue weighted by Crippen LogP contribution is 2.17. The van der Waals surface area contributed by atoms with Crippen LogP contribution in [0.3, 0.4) is 0 Å². The summed E-state index contributed by atoms with van der Waals surface area (Å²) in [6.45, 7) is -0.0806. The first-order valence-corrected chi connectivity index (χ1v) is 5.02. The number of nitrogens with zero attached hydrogens (tertiary/aromatic N) is 1. The minimum Gasteiger partial charge on any atom is -0.388 e. The molecule has 2 heterocycles. The van der Waals surface area contributed by atoms with E-state index in [1.165, 1.54) is 0 Å². The molecule has 1 aliphatic heterocycles. The Morgan fingerprint density at radius 3 is 2.81 bits per heavy atom. The van der Waals surface area contributed by atoms with Crippen LogP contribution in [-0.4, -0.2) is 51.5 Å². The molecule has 0 bridgehead atoms. The zero-order valence-corrected chi connectivity index (χ0v) is 8.52. The SMILES string of the molecule is OC1OC[C@@H](O)[C@@H](O)[C@@H]1Nc1ccccn1. The lowest BCUT2D eigenvalue weighted by atomic mass is 10.0. The number of rotatable bonds is 2. The van der Waals surface area contributed by atoms with Crippen LogP contribution in [0.5, 0.6) is 0 Å². The molecule has 0 spiro atoms. The van der Waals surface area contributed by atoms with Crippen LogP contribution in [0.25, 0.3) is 0 Å². The van der Waals surface area contributed by atoms with Crippen molar-refractivity contribution >= 4 is 5.82 Å². The summed E-state index contributed by atoms with van der Waals surface area (Å²) in [6, 6.07) is 4.43. The first kappa shape index (κ1) is 11.3. The molecule has 0 radical (unpaired) electrons. The fourth-order valence-electron chi connectivity index (χ4n) is 1.58. The van der Waals surface area contributed by atoms with Gasteiger partial charge in [0.1, 0.15) is 24.1 Å². The van der Waals surface area contributed by atoms with Gasteiger partial charge in [-0.2, -0.15) is 0 Å². The number of aliphatic hydroxyl groups excluding tert-OH is 3. The minimum atomic E-state index is -1.17. The summed E-state index contributed by atoms with van der Waals surface area (Å²) < 4.78 is 4.90. The van der Waals surface area contributed by atoms with Crippen LogP contribution in [0, 0.1) is 0 Å². The molecule has 6 heteroatoms. The molecule has 6 nitrogen and oxygen atoms in total. The van der Waals surface area contributed by atoms with Crippen molar-refractivity contribution in [3.63, 3.8) is 0 Å². The van der Waals surface area contributed by atoms with Crippen molar-refractivity contribution in [1.82, 2.24) is 4.98 Å². The van der Waals surface area contributed by atoms with Crippen molar-refractivity contribution < 1.29 is 20.1 Å². The van der Waals surface area contributed by atoms with Crippen molar-refractivity contribution in [2.75, 3.05) is 11.9 Å². The van der Waals surface area contributed by atoms with Crippen LogP contribution >= 0.6 is 0 Å². The normalized spacial score (nSPS) is 34.7. The summed E-state index contributed by atoms with van der Waals surface area (Å²) in [5.41, 5.74) is 0. The van der Waals surface area contributed by atoms with Crippen molar-refractivity contribution in [3.05, 3.63) is 24.4 Å². The fraction of sp³-hybridized carbons (Fsp3) is 0.500. The quantitative estimate of drug-likeness (QED) is 0.513. The molecule has 1 aromatic heterocycles. The average molecular weight is 226 g/mol. The molecular formula is C10H14N2O4. The Bertz CT molecular complexity index is 335. The van der Waals surface area contributed by atoms with Gasteiger partial charge in [-0.3, -0.25) is 0 Å². The van der Waals surface area contributed by atoms with Crippen LogP contribution in [0.1, 0.15) is 0 Å². The lowest BCUT2D eigenvalue weighted by molar-refractivity contribution is -0.200. The van der Waals surface area contributed by atoms with Crippen LogP contribution in [0.4, 0.5) is 5.82 Å². The van der Waals surface area contributed by atoms with Gasteiger partial charge in [-0.25, -0.2) is 4.98 Å². The Balaban J connectivity index is 2.07. The number of ether oxygens (including phenoxy) is 1. The lowest BCUT2D eigenvalue weighted by Crippen LogP contribution is -2.56. The van der Waals surface area contributed by atoms with E-state index in [4.69, 9.17) is 4.74 Å². The molecule has 0 aromatic carbocycles. The Labute approximate surface area is 92.5 Å². The fourth-order valence-corrected chi connectivity index (χ4v) is 1.58. The van der Waals surface area contributed by atoms with Gasteiger partial charge < -0.3 is 25.4 Å². The van der Waals surface area contributed by atoms with Gasteiger partial charge in [0.05, 0.1) is 6.61 Å². The van der Waals surface area contributed by atoms with E-state index in [0.717, 1.165) is 0 Å². The van der Waals surface area contributed by atoms with E-state index in [2.05, 4.69) is 10.3 Å². The molecular weight excluding hydrogens is 212 g/mol. The second kappa shape index (κ2) is 4.75. The van der Waals surface area contributed by atoms with E-state index >= 15 is 0 Å². The summed E-state index contributed by atoms with van der Waals surface area (Å²) >= 11 is 0. The van der Waals surface area contributed by atoms with E-state index < -0.39 is 24.5 Å². The van der Waals surface area contributed by atoms with Crippen LogP contribution < -0.4 is 5.32 Å². The maximum absolute atomic E-state index is 9.69. The highest BCUT2D eigenvalue weighted by Gasteiger charge is 2.37. The van der Waals surface area contributed by atoms with Crippen LogP contribution in [0.2, 0.25) is 0 Å². The third-order valence-corrected chi connectivity index (χ3v) is 2.49. The maximum Gasteiger partial charge on any atom is 0.177 e. The van der Waals surface area contributed by atoms with E-state index in [0.29, 0.717) is 5.82 Å². The van der Waals surface area contributed by atoms with E-state index in [1.54, 1.807) is 24.4 Å². The molecule has 1 aliphatic rings. The number of anilines is 1. The van der Waals surface area contributed by atoms with Gasteiger partial charge >= 0.3 is 0 Å². The second-order valence-electron chi connectivity index (χ2n) is 3.67. The molecule has 0 aliphatic carbocycles. The molecule has 1 fully saturated rings. The topological polar surface area (TPSA) is 94.8 Å². The molecule has 4 N–H and O–H groups in total. The number of pyridine rings is 1. The third-order valence-electron chi connectivity index (χ3n) is 2.49. The zero-order valence-electron chi connectivity index (χ0n) is 8.52. The largest absolute Gasteiger partial charge is 0.388 e. The van der Waals surface area contributed by atoms with Gasteiger partial charge in [0.2, 0.25) is 0 Å². The van der Waals surface area contributed by atoms with Crippen molar-refractivity contribution in [3.8, 4) is 0 Å². The van der Waals surface area contributed by atoms with E-state index in [1.807, 2.05) is 0 Å². The Kier molecular flexibility index (Phi) is 3.35. The number of aromatic nitrogens is 1. The second-order valence-corrected chi connectivity index (χ2v) is 3.67. The highest BCUT2D eigenvalue weighted by molar-refractivity contribution is 5.35. The monoisotopic (exact) mass is 226 g/mol. The Morgan fingerprint density at radius 2 is 2.12 bits per heavy atom. The number of hydrogen-bond donors (Lipinski definition) is 4. The van der Waals surface area contributed by atoms with Gasteiger partial charge in [-0.15, -0.1) is 0 Å². The first-order valence-electron chi connectivity index (χ1n) is 5.02. The van der Waals surface area contributed by atoms with Gasteiger partial charge in [0.25, 0.3) is 0 Å². The van der Waals surface area contributed by atoms with Gasteiger partial charge in [0.15, 0.2) is 6.29 Å². The van der Waals surface area contributed by atoms with Gasteiger partial charge in [-0.05, 0) is 12.1 Å². The lowest BCUT2D eigenvalue weighted by Gasteiger charge is -2.36. The maximum atomic E-state index is 9.69.